The zero-order chi connectivity index (χ0) is 50.3. The van der Waals surface area contributed by atoms with Gasteiger partial charge in [-0.15, -0.1) is 0 Å². The Balaban J connectivity index is 0.000000579. The lowest BCUT2D eigenvalue weighted by molar-refractivity contribution is -0.228. The molecule has 3 aromatic rings. The number of aromatic amines is 1. The molecule has 0 amide bonds. The lowest BCUT2D eigenvalue weighted by atomic mass is 9.47. The number of methoxy groups -OCH3 is 3. The number of aliphatic carboxylic acids is 2. The van der Waals surface area contributed by atoms with E-state index < -0.39 is 87.9 Å². The third-order valence-corrected chi connectivity index (χ3v) is 15.6. The molecule has 6 heterocycles. The number of ether oxygens (including phenoxy) is 4. The number of carbonyl (C=O) groups excluding carboxylic acids is 3. The number of anilines is 1. The highest BCUT2D eigenvalue weighted by Crippen LogP contribution is 2.68. The molecule has 1 aliphatic carbocycles. The van der Waals surface area contributed by atoms with Crippen LogP contribution in [0.2, 0.25) is 0 Å². The highest BCUT2D eigenvalue weighted by atomic mass is 19.3. The standard InChI is InChI=1S/C45H52F2N4O8.C4H6O6/c1-8-42-14-11-16-51-17-15-43(36(42)51)30-19-31(34(56-5)20-33(30)49(4)37(43)45(55,40(54)58-7)38(42)59-25(2)52)44(39(53)57-6)21-26-18-27(41(3,46)47)23-50(22-26)24-29-28-12-9-10-13-32(28)48-35(29)44;5-1(3(7)8)2(6)4(9)10/h9-14,18-20,26,36-38,48,55H,8,15-17,21-24H2,1-7H3;1-2,5-6H,(H,7,8)(H,9,10)/t26?,36-,37+,38+,42+,43+,44-,45-;/m0./s1. The van der Waals surface area contributed by atoms with Crippen molar-refractivity contribution in [1.29, 1.82) is 0 Å². The number of nitrogens with one attached hydrogen (secondary N) is 1. The normalized spacial score (nSPS) is 31.7. The Morgan fingerprint density at radius 2 is 1.62 bits per heavy atom. The minimum absolute atomic E-state index is 0.000905. The highest BCUT2D eigenvalue weighted by Gasteiger charge is 2.80. The minimum Gasteiger partial charge on any atom is -0.496 e. The zero-order valence-electron chi connectivity index (χ0n) is 39.3. The average Bonchev–Trinajstić information content (AvgIpc) is 3.97. The van der Waals surface area contributed by atoms with E-state index in [1.54, 1.807) is 6.08 Å². The summed E-state index contributed by atoms with van der Waals surface area (Å²) in [7, 11) is 5.90. The summed E-state index contributed by atoms with van der Waals surface area (Å²) in [6, 6.07) is 10.2. The van der Waals surface area contributed by atoms with Crippen molar-refractivity contribution in [2.45, 2.75) is 99.3 Å². The van der Waals surface area contributed by atoms with Gasteiger partial charge >= 0.3 is 29.8 Å². The Morgan fingerprint density at radius 3 is 2.22 bits per heavy atom. The first-order chi connectivity index (χ1) is 32.5. The summed E-state index contributed by atoms with van der Waals surface area (Å²) in [6.07, 6.45) is 0.818. The van der Waals surface area contributed by atoms with Crippen molar-refractivity contribution in [3.63, 3.8) is 0 Å². The molecule has 5 aliphatic heterocycles. The van der Waals surface area contributed by atoms with Gasteiger partial charge in [0.05, 0.1) is 27.4 Å². The molecule has 372 valence electrons. The molecule has 11 atom stereocenters. The Morgan fingerprint density at radius 1 is 0.957 bits per heavy atom. The number of fused-ring (bicyclic) bond motifs is 6. The van der Waals surface area contributed by atoms with Gasteiger partial charge in [-0.2, -0.15) is 0 Å². The van der Waals surface area contributed by atoms with E-state index in [1.165, 1.54) is 28.3 Å². The second-order valence-corrected chi connectivity index (χ2v) is 19.1. The predicted molar refractivity (Wildman–Crippen MR) is 242 cm³/mol. The topological polar surface area (TPSA) is 249 Å². The van der Waals surface area contributed by atoms with Gasteiger partial charge in [0.15, 0.2) is 18.3 Å². The van der Waals surface area contributed by atoms with Crippen molar-refractivity contribution in [3.8, 4) is 5.75 Å². The number of esters is 3. The van der Waals surface area contributed by atoms with Gasteiger partial charge in [0, 0.05) is 103 Å². The van der Waals surface area contributed by atoms with Crippen LogP contribution in [-0.2, 0) is 55.6 Å². The van der Waals surface area contributed by atoms with Gasteiger partial charge in [0.25, 0.3) is 5.92 Å². The summed E-state index contributed by atoms with van der Waals surface area (Å²) in [5.41, 5.74) is -1.85. The molecule has 1 saturated carbocycles. The summed E-state index contributed by atoms with van der Waals surface area (Å²) in [6.45, 7) is 6.20. The van der Waals surface area contributed by atoms with Gasteiger partial charge in [-0.25, -0.2) is 23.2 Å². The van der Waals surface area contributed by atoms with Crippen LogP contribution >= 0.6 is 0 Å². The van der Waals surface area contributed by atoms with Crippen LogP contribution in [0.25, 0.3) is 10.9 Å². The van der Waals surface area contributed by atoms with Gasteiger partial charge in [-0.1, -0.05) is 43.4 Å². The SMILES string of the molecule is CC[C@]12C=CCN3CC[C@@]4(c5cc([C@@]6(C(=O)OC)CC7C=C(C(C)(F)F)CN(Cc8c6[nH]c6ccccc86)C7)c(OC)cc5N(C)[C@H]4[C@@](O)(C(=O)OC)[C@@H]1OC(C)=O)[C@@H]32.O=C(O)C(O)C(O)C(=O)O. The second-order valence-electron chi connectivity index (χ2n) is 19.1. The van der Waals surface area contributed by atoms with E-state index in [1.807, 2.05) is 72.3 Å². The van der Waals surface area contributed by atoms with Crippen molar-refractivity contribution < 1.29 is 77.2 Å². The molecule has 18 nitrogen and oxygen atoms in total. The lowest BCUT2D eigenvalue weighted by Crippen LogP contribution is -2.81. The number of aromatic nitrogens is 1. The van der Waals surface area contributed by atoms with Crippen molar-refractivity contribution >= 4 is 46.4 Å². The number of carboxylic acids is 2. The van der Waals surface area contributed by atoms with Crippen molar-refractivity contribution in [2.75, 3.05) is 59.5 Å². The smallest absolute Gasteiger partial charge is 0.344 e. The van der Waals surface area contributed by atoms with Gasteiger partial charge in [0.1, 0.15) is 11.2 Å². The molecule has 1 spiro atoms. The number of alkyl halides is 2. The van der Waals surface area contributed by atoms with Crippen LogP contribution in [0.15, 0.2) is 60.2 Å². The van der Waals surface area contributed by atoms with E-state index in [4.69, 9.17) is 39.4 Å². The highest BCUT2D eigenvalue weighted by molar-refractivity contribution is 5.95. The number of likely N-dealkylation sites (N-methyl/N-ethyl adjacent to an activating group) is 1. The predicted octanol–water partition coefficient (Wildman–Crippen LogP) is 2.88. The Bertz CT molecular complexity index is 2650. The van der Waals surface area contributed by atoms with E-state index in [9.17, 15) is 24.3 Å². The van der Waals surface area contributed by atoms with Crippen molar-refractivity contribution in [1.82, 2.24) is 14.8 Å². The van der Waals surface area contributed by atoms with E-state index in [2.05, 4.69) is 9.88 Å². The van der Waals surface area contributed by atoms with Gasteiger partial charge < -0.3 is 54.4 Å². The summed E-state index contributed by atoms with van der Waals surface area (Å²) >= 11 is 0. The first kappa shape index (κ1) is 49.5. The molecule has 1 aromatic heterocycles. The number of aliphatic hydroxyl groups is 3. The lowest BCUT2D eigenvalue weighted by Gasteiger charge is -2.63. The number of benzene rings is 2. The molecule has 6 N–H and O–H groups in total. The van der Waals surface area contributed by atoms with Crippen LogP contribution in [0.3, 0.4) is 0 Å². The molecule has 9 rings (SSSR count). The number of carboxylic acid groups (broad SMARTS) is 2. The Labute approximate surface area is 396 Å². The van der Waals surface area contributed by atoms with Crippen molar-refractivity contribution in [2.24, 2.45) is 11.3 Å². The summed E-state index contributed by atoms with van der Waals surface area (Å²) in [4.78, 5) is 71.9. The van der Waals surface area contributed by atoms with Gasteiger partial charge in [-0.3, -0.25) is 19.4 Å². The number of nitrogens with zero attached hydrogens (tertiary/aromatic N) is 3. The maximum Gasteiger partial charge on any atom is 0.344 e. The number of aliphatic hydroxyl groups excluding tert-OH is 2. The monoisotopic (exact) mass is 964 g/mol. The van der Waals surface area contributed by atoms with Crippen molar-refractivity contribution in [3.05, 3.63) is 82.6 Å². The van der Waals surface area contributed by atoms with E-state index in [0.717, 1.165) is 29.0 Å². The molecule has 2 fully saturated rings. The van der Waals surface area contributed by atoms with E-state index >= 15 is 13.6 Å². The number of rotatable bonds is 10. The molecular formula is C49H58F2N4O14. The molecule has 0 radical (unpaired) electrons. The van der Waals surface area contributed by atoms with Crippen LogP contribution in [0, 0.1) is 11.3 Å². The summed E-state index contributed by atoms with van der Waals surface area (Å²) < 4.78 is 54.1. The van der Waals surface area contributed by atoms with E-state index in [0.29, 0.717) is 61.7 Å². The van der Waals surface area contributed by atoms with Crippen LogP contribution in [0.5, 0.6) is 5.75 Å². The molecule has 20 heteroatoms. The fourth-order valence-electron chi connectivity index (χ4n) is 13.1. The number of halogens is 2. The van der Waals surface area contributed by atoms with Crippen LogP contribution < -0.4 is 9.64 Å². The zero-order valence-corrected chi connectivity index (χ0v) is 39.3. The summed E-state index contributed by atoms with van der Waals surface area (Å²) in [5, 5.41) is 46.7. The Kier molecular flexibility index (Phi) is 12.5. The maximum atomic E-state index is 15.3. The number of hydrogen-bond donors (Lipinski definition) is 6. The third kappa shape index (κ3) is 7.22. The second kappa shape index (κ2) is 17.5. The molecule has 2 bridgehead atoms. The molecule has 1 saturated heterocycles. The first-order valence-electron chi connectivity index (χ1n) is 22.7. The van der Waals surface area contributed by atoms with Crippen LogP contribution in [0.1, 0.15) is 62.4 Å². The number of hydrogen-bond acceptors (Lipinski definition) is 15. The van der Waals surface area contributed by atoms with E-state index in [-0.39, 0.29) is 24.6 Å². The number of para-hydroxylation sites is 1. The fourth-order valence-corrected chi connectivity index (χ4v) is 13.1. The minimum atomic E-state index is -3.08. The van der Waals surface area contributed by atoms with Crippen LogP contribution in [-0.4, -0.2) is 167 Å². The van der Waals surface area contributed by atoms with Gasteiger partial charge in [-0.05, 0) is 55.0 Å². The average molecular weight is 965 g/mol. The number of carbonyl (C=O) groups is 5. The molecule has 69 heavy (non-hydrogen) atoms. The molecule has 6 aliphatic rings. The maximum absolute atomic E-state index is 15.3. The quantitative estimate of drug-likeness (QED) is 0.0971. The molecular weight excluding hydrogens is 907 g/mol. The Hall–Kier alpha value is -5.93. The first-order valence-corrected chi connectivity index (χ1v) is 22.7. The van der Waals surface area contributed by atoms with Crippen LogP contribution in [0.4, 0.5) is 14.5 Å². The fraction of sp³-hybridized carbons (Fsp3) is 0.531. The molecule has 2 aromatic carbocycles. The summed E-state index contributed by atoms with van der Waals surface area (Å²) in [5.74, 6) is -8.90. The third-order valence-electron chi connectivity index (χ3n) is 15.6. The number of H-pyrrole nitrogens is 1. The van der Waals surface area contributed by atoms with Gasteiger partial charge in [0.2, 0.25) is 5.60 Å². The molecule has 4 unspecified atom stereocenters. The largest absolute Gasteiger partial charge is 0.496 e.